The third kappa shape index (κ3) is 2.67. The van der Waals surface area contributed by atoms with E-state index in [9.17, 15) is 0 Å². The van der Waals surface area contributed by atoms with Gasteiger partial charge in [0.05, 0.1) is 25.4 Å². The van der Waals surface area contributed by atoms with Crippen LogP contribution in [0.3, 0.4) is 0 Å². The van der Waals surface area contributed by atoms with Crippen LogP contribution in [0.2, 0.25) is 5.02 Å². The molecule has 1 aliphatic heterocycles. The zero-order chi connectivity index (χ0) is 14.8. The van der Waals surface area contributed by atoms with Crippen molar-refractivity contribution < 1.29 is 14.2 Å². The van der Waals surface area contributed by atoms with Crippen LogP contribution in [0.25, 0.3) is 0 Å². The first kappa shape index (κ1) is 15.6. The standard InChI is InChI=1S/C16H23ClO3/c1-5-7-18-13-10-11(3)15(17)12(4)14(13)16(6-2)19-8-9-20-16/h10H,5-9H2,1-4H3. The summed E-state index contributed by atoms with van der Waals surface area (Å²) in [5, 5.41) is 0.760. The van der Waals surface area contributed by atoms with E-state index >= 15 is 0 Å². The minimum absolute atomic E-state index is 0.603. The second-order valence-electron chi connectivity index (χ2n) is 5.16. The lowest BCUT2D eigenvalue weighted by Crippen LogP contribution is -2.28. The van der Waals surface area contributed by atoms with Gasteiger partial charge in [0.15, 0.2) is 5.79 Å². The molecule has 0 bridgehead atoms. The van der Waals surface area contributed by atoms with Gasteiger partial charge >= 0.3 is 0 Å². The van der Waals surface area contributed by atoms with Crippen molar-refractivity contribution in [1.29, 1.82) is 0 Å². The molecule has 1 heterocycles. The minimum Gasteiger partial charge on any atom is -0.493 e. The van der Waals surface area contributed by atoms with Gasteiger partial charge in [0, 0.05) is 11.4 Å². The first-order valence-corrected chi connectivity index (χ1v) is 7.64. The van der Waals surface area contributed by atoms with Crippen LogP contribution in [0, 0.1) is 13.8 Å². The maximum Gasteiger partial charge on any atom is 0.198 e. The van der Waals surface area contributed by atoms with E-state index in [1.165, 1.54) is 0 Å². The van der Waals surface area contributed by atoms with Gasteiger partial charge in [-0.15, -0.1) is 0 Å². The Hall–Kier alpha value is -0.770. The van der Waals surface area contributed by atoms with Crippen molar-refractivity contribution in [1.82, 2.24) is 0 Å². The van der Waals surface area contributed by atoms with E-state index in [0.717, 1.165) is 40.3 Å². The summed E-state index contributed by atoms with van der Waals surface area (Å²) in [6.07, 6.45) is 1.69. The van der Waals surface area contributed by atoms with E-state index in [0.29, 0.717) is 19.8 Å². The molecule has 0 aromatic heterocycles. The first-order chi connectivity index (χ1) is 9.55. The van der Waals surface area contributed by atoms with E-state index in [-0.39, 0.29) is 0 Å². The van der Waals surface area contributed by atoms with Crippen molar-refractivity contribution in [2.75, 3.05) is 19.8 Å². The van der Waals surface area contributed by atoms with Gasteiger partial charge in [-0.3, -0.25) is 0 Å². The molecule has 1 aromatic carbocycles. The van der Waals surface area contributed by atoms with Gasteiger partial charge in [0.1, 0.15) is 5.75 Å². The second-order valence-corrected chi connectivity index (χ2v) is 5.54. The zero-order valence-corrected chi connectivity index (χ0v) is 13.5. The predicted octanol–water partition coefficient (Wildman–Crippen LogP) is 4.36. The Morgan fingerprint density at radius 2 is 1.90 bits per heavy atom. The highest BCUT2D eigenvalue weighted by atomic mass is 35.5. The molecule has 112 valence electrons. The molecule has 1 aliphatic rings. The van der Waals surface area contributed by atoms with Crippen LogP contribution < -0.4 is 4.74 Å². The molecule has 0 radical (unpaired) electrons. The van der Waals surface area contributed by atoms with Crippen molar-refractivity contribution in [2.45, 2.75) is 46.3 Å². The number of halogens is 1. The van der Waals surface area contributed by atoms with Crippen LogP contribution in [0.4, 0.5) is 0 Å². The van der Waals surface area contributed by atoms with E-state index in [1.807, 2.05) is 19.9 Å². The molecule has 0 spiro atoms. The topological polar surface area (TPSA) is 27.7 Å². The molecule has 0 amide bonds. The molecule has 4 heteroatoms. The second kappa shape index (κ2) is 6.33. The van der Waals surface area contributed by atoms with Crippen molar-refractivity contribution in [2.24, 2.45) is 0 Å². The summed E-state index contributed by atoms with van der Waals surface area (Å²) in [7, 11) is 0. The summed E-state index contributed by atoms with van der Waals surface area (Å²) < 4.78 is 17.7. The van der Waals surface area contributed by atoms with E-state index < -0.39 is 5.79 Å². The highest BCUT2D eigenvalue weighted by Gasteiger charge is 2.41. The zero-order valence-electron chi connectivity index (χ0n) is 12.7. The average Bonchev–Trinajstić information content (AvgIpc) is 2.92. The molecule has 1 saturated heterocycles. The molecule has 0 aliphatic carbocycles. The molecular weight excluding hydrogens is 276 g/mol. The van der Waals surface area contributed by atoms with E-state index in [4.69, 9.17) is 25.8 Å². The Morgan fingerprint density at radius 1 is 1.25 bits per heavy atom. The summed E-state index contributed by atoms with van der Waals surface area (Å²) in [5.41, 5.74) is 2.95. The lowest BCUT2D eigenvalue weighted by atomic mass is 9.95. The van der Waals surface area contributed by atoms with Gasteiger partial charge in [0.2, 0.25) is 0 Å². The van der Waals surface area contributed by atoms with Gasteiger partial charge in [-0.1, -0.05) is 25.4 Å². The van der Waals surface area contributed by atoms with Gasteiger partial charge in [-0.25, -0.2) is 0 Å². The van der Waals surface area contributed by atoms with Crippen LogP contribution in [-0.2, 0) is 15.3 Å². The Labute approximate surface area is 126 Å². The van der Waals surface area contributed by atoms with Crippen LogP contribution in [0.1, 0.15) is 43.4 Å². The lowest BCUT2D eigenvalue weighted by molar-refractivity contribution is -0.169. The van der Waals surface area contributed by atoms with Gasteiger partial charge in [-0.2, -0.15) is 0 Å². The third-order valence-corrected chi connectivity index (χ3v) is 4.29. The summed E-state index contributed by atoms with van der Waals surface area (Å²) >= 11 is 6.42. The van der Waals surface area contributed by atoms with Gasteiger partial charge in [-0.05, 0) is 37.5 Å². The molecule has 20 heavy (non-hydrogen) atoms. The largest absolute Gasteiger partial charge is 0.493 e. The van der Waals surface area contributed by atoms with E-state index in [2.05, 4.69) is 13.8 Å². The maximum absolute atomic E-state index is 6.42. The van der Waals surface area contributed by atoms with Crippen molar-refractivity contribution in [3.05, 3.63) is 27.8 Å². The molecule has 1 fully saturated rings. The normalized spacial score (nSPS) is 17.4. The van der Waals surface area contributed by atoms with Gasteiger partial charge < -0.3 is 14.2 Å². The summed E-state index contributed by atoms with van der Waals surface area (Å²) in [6, 6.07) is 1.99. The minimum atomic E-state index is -0.718. The molecular formula is C16H23ClO3. The van der Waals surface area contributed by atoms with E-state index in [1.54, 1.807) is 0 Å². The highest BCUT2D eigenvalue weighted by Crippen LogP contribution is 2.44. The molecule has 0 unspecified atom stereocenters. The Bertz CT molecular complexity index is 479. The number of hydrogen-bond acceptors (Lipinski definition) is 3. The fourth-order valence-electron chi connectivity index (χ4n) is 2.70. The van der Waals surface area contributed by atoms with Crippen LogP contribution in [-0.4, -0.2) is 19.8 Å². The number of hydrogen-bond donors (Lipinski definition) is 0. The quantitative estimate of drug-likeness (QED) is 0.808. The van der Waals surface area contributed by atoms with Crippen molar-refractivity contribution in [3.63, 3.8) is 0 Å². The molecule has 0 saturated carbocycles. The number of ether oxygens (including phenoxy) is 3. The number of aryl methyl sites for hydroxylation is 1. The van der Waals surface area contributed by atoms with Crippen LogP contribution in [0.15, 0.2) is 6.07 Å². The molecule has 0 atom stereocenters. The average molecular weight is 299 g/mol. The summed E-state index contributed by atoms with van der Waals surface area (Å²) in [5.74, 6) is 0.111. The Morgan fingerprint density at radius 3 is 2.45 bits per heavy atom. The Balaban J connectivity index is 2.56. The third-order valence-electron chi connectivity index (χ3n) is 3.71. The fraction of sp³-hybridized carbons (Fsp3) is 0.625. The predicted molar refractivity (Wildman–Crippen MR) is 80.6 cm³/mol. The highest BCUT2D eigenvalue weighted by molar-refractivity contribution is 6.32. The van der Waals surface area contributed by atoms with Crippen LogP contribution in [0.5, 0.6) is 5.75 Å². The molecule has 1 aromatic rings. The van der Waals surface area contributed by atoms with Gasteiger partial charge in [0.25, 0.3) is 0 Å². The SMILES string of the molecule is CCCOc1cc(C)c(Cl)c(C)c1C1(CC)OCCO1. The maximum atomic E-state index is 6.42. The molecule has 0 N–H and O–H groups in total. The smallest absolute Gasteiger partial charge is 0.198 e. The summed E-state index contributed by atoms with van der Waals surface area (Å²) in [4.78, 5) is 0. The van der Waals surface area contributed by atoms with Crippen molar-refractivity contribution in [3.8, 4) is 5.75 Å². The molecule has 3 nitrogen and oxygen atoms in total. The number of rotatable bonds is 5. The monoisotopic (exact) mass is 298 g/mol. The van der Waals surface area contributed by atoms with Crippen molar-refractivity contribution >= 4 is 11.6 Å². The molecule has 2 rings (SSSR count). The van der Waals surface area contributed by atoms with Crippen LogP contribution >= 0.6 is 11.6 Å². The number of benzene rings is 1. The Kier molecular flexibility index (Phi) is 4.95. The first-order valence-electron chi connectivity index (χ1n) is 7.26. The summed E-state index contributed by atoms with van der Waals surface area (Å²) in [6.45, 7) is 10.0. The fourth-order valence-corrected chi connectivity index (χ4v) is 2.85. The lowest BCUT2D eigenvalue weighted by Gasteiger charge is -2.31.